The SMILES string of the molecule is Cc1nn(-c2nc(N)nc(-n3ccnc3)n2)c(C)c1C. The van der Waals surface area contributed by atoms with E-state index in [1.165, 1.54) is 0 Å². The molecule has 20 heavy (non-hydrogen) atoms. The van der Waals surface area contributed by atoms with E-state index in [-0.39, 0.29) is 5.95 Å². The van der Waals surface area contributed by atoms with E-state index in [0.29, 0.717) is 11.9 Å². The quantitative estimate of drug-likeness (QED) is 0.737. The van der Waals surface area contributed by atoms with Crippen LogP contribution in [0.4, 0.5) is 5.95 Å². The normalized spacial score (nSPS) is 10.9. The van der Waals surface area contributed by atoms with Gasteiger partial charge in [0.1, 0.15) is 6.33 Å². The first-order chi connectivity index (χ1) is 9.56. The summed E-state index contributed by atoms with van der Waals surface area (Å²) in [4.78, 5) is 16.6. The first kappa shape index (κ1) is 12.3. The van der Waals surface area contributed by atoms with Crippen molar-refractivity contribution in [2.75, 3.05) is 5.73 Å². The molecule has 3 aromatic heterocycles. The average molecular weight is 270 g/mol. The van der Waals surface area contributed by atoms with Crippen LogP contribution < -0.4 is 5.73 Å². The molecule has 3 heterocycles. The standard InChI is InChI=1S/C12H14N8/c1-7-8(2)18-20(9(7)3)12-16-10(13)15-11(17-12)19-5-4-14-6-19/h4-6H,1-3H3,(H2,13,15,16,17). The molecule has 8 heteroatoms. The van der Waals surface area contributed by atoms with Crippen molar-refractivity contribution in [2.45, 2.75) is 20.8 Å². The van der Waals surface area contributed by atoms with Gasteiger partial charge in [-0.25, -0.2) is 9.67 Å². The molecule has 3 aromatic rings. The van der Waals surface area contributed by atoms with E-state index >= 15 is 0 Å². The molecule has 0 saturated heterocycles. The summed E-state index contributed by atoms with van der Waals surface area (Å²) >= 11 is 0. The highest BCUT2D eigenvalue weighted by Crippen LogP contribution is 2.15. The molecular formula is C12H14N8. The summed E-state index contributed by atoms with van der Waals surface area (Å²) in [6.07, 6.45) is 4.99. The lowest BCUT2D eigenvalue weighted by Gasteiger charge is -2.06. The van der Waals surface area contributed by atoms with Crippen LogP contribution in [-0.4, -0.2) is 34.3 Å². The van der Waals surface area contributed by atoms with Crippen molar-refractivity contribution >= 4 is 5.95 Å². The second-order valence-corrected chi connectivity index (χ2v) is 4.47. The summed E-state index contributed by atoms with van der Waals surface area (Å²) in [5.41, 5.74) is 8.78. The van der Waals surface area contributed by atoms with Crippen LogP contribution in [0, 0.1) is 20.8 Å². The van der Waals surface area contributed by atoms with E-state index < -0.39 is 0 Å². The highest BCUT2D eigenvalue weighted by atomic mass is 15.4. The summed E-state index contributed by atoms with van der Waals surface area (Å²) in [6.45, 7) is 5.92. The van der Waals surface area contributed by atoms with Gasteiger partial charge in [-0.05, 0) is 26.3 Å². The third kappa shape index (κ3) is 1.91. The molecule has 0 aliphatic heterocycles. The lowest BCUT2D eigenvalue weighted by molar-refractivity contribution is 0.752. The maximum atomic E-state index is 5.76. The fraction of sp³-hybridized carbons (Fsp3) is 0.250. The van der Waals surface area contributed by atoms with Gasteiger partial charge in [0.05, 0.1) is 5.69 Å². The molecule has 0 radical (unpaired) electrons. The van der Waals surface area contributed by atoms with E-state index in [4.69, 9.17) is 5.73 Å². The highest BCUT2D eigenvalue weighted by molar-refractivity contribution is 5.32. The zero-order valence-electron chi connectivity index (χ0n) is 11.4. The smallest absolute Gasteiger partial charge is 0.257 e. The minimum absolute atomic E-state index is 0.143. The van der Waals surface area contributed by atoms with Gasteiger partial charge in [0, 0.05) is 18.1 Å². The maximum absolute atomic E-state index is 5.76. The van der Waals surface area contributed by atoms with Crippen LogP contribution in [0.15, 0.2) is 18.7 Å². The Morgan fingerprint density at radius 1 is 1.05 bits per heavy atom. The third-order valence-corrected chi connectivity index (χ3v) is 3.21. The predicted molar refractivity (Wildman–Crippen MR) is 72.7 cm³/mol. The van der Waals surface area contributed by atoms with Crippen LogP contribution in [0.25, 0.3) is 11.9 Å². The van der Waals surface area contributed by atoms with Gasteiger partial charge in [-0.1, -0.05) is 0 Å². The Morgan fingerprint density at radius 3 is 2.40 bits per heavy atom. The number of aromatic nitrogens is 7. The molecule has 0 atom stereocenters. The Labute approximate surface area is 115 Å². The second kappa shape index (κ2) is 4.41. The van der Waals surface area contributed by atoms with Crippen LogP contribution in [0.1, 0.15) is 17.0 Å². The third-order valence-electron chi connectivity index (χ3n) is 3.21. The zero-order valence-corrected chi connectivity index (χ0v) is 11.4. The molecule has 0 spiro atoms. The van der Waals surface area contributed by atoms with Crippen molar-refractivity contribution in [1.29, 1.82) is 0 Å². The monoisotopic (exact) mass is 270 g/mol. The first-order valence-electron chi connectivity index (χ1n) is 6.09. The number of nitrogen functional groups attached to an aromatic ring is 1. The summed E-state index contributed by atoms with van der Waals surface area (Å²) in [5.74, 6) is 0.953. The molecule has 2 N–H and O–H groups in total. The fourth-order valence-corrected chi connectivity index (χ4v) is 1.87. The molecular weight excluding hydrogens is 256 g/mol. The molecule has 102 valence electrons. The van der Waals surface area contributed by atoms with Crippen LogP contribution >= 0.6 is 0 Å². The molecule has 0 saturated carbocycles. The number of hydrogen-bond donors (Lipinski definition) is 1. The van der Waals surface area contributed by atoms with Gasteiger partial charge in [-0.2, -0.15) is 20.1 Å². The van der Waals surface area contributed by atoms with E-state index in [1.54, 1.807) is 28.0 Å². The van der Waals surface area contributed by atoms with Crippen LogP contribution in [0.2, 0.25) is 0 Å². The number of aryl methyl sites for hydroxylation is 1. The van der Waals surface area contributed by atoms with Crippen LogP contribution in [0.5, 0.6) is 0 Å². The largest absolute Gasteiger partial charge is 0.368 e. The minimum atomic E-state index is 0.143. The van der Waals surface area contributed by atoms with E-state index in [0.717, 1.165) is 17.0 Å². The van der Waals surface area contributed by atoms with Gasteiger partial charge in [-0.15, -0.1) is 0 Å². The van der Waals surface area contributed by atoms with Gasteiger partial charge in [0.2, 0.25) is 11.9 Å². The van der Waals surface area contributed by atoms with Gasteiger partial charge in [-0.3, -0.25) is 4.57 Å². The van der Waals surface area contributed by atoms with Crippen molar-refractivity contribution in [2.24, 2.45) is 0 Å². The molecule has 0 fully saturated rings. The molecule has 0 aliphatic rings. The van der Waals surface area contributed by atoms with Gasteiger partial charge >= 0.3 is 0 Å². The van der Waals surface area contributed by atoms with Crippen molar-refractivity contribution in [3.8, 4) is 11.9 Å². The van der Waals surface area contributed by atoms with Gasteiger partial charge in [0.15, 0.2) is 0 Å². The summed E-state index contributed by atoms with van der Waals surface area (Å²) in [6, 6.07) is 0. The van der Waals surface area contributed by atoms with Crippen LogP contribution in [0.3, 0.4) is 0 Å². The minimum Gasteiger partial charge on any atom is -0.368 e. The summed E-state index contributed by atoms with van der Waals surface area (Å²) in [5, 5.41) is 4.43. The Morgan fingerprint density at radius 2 is 1.80 bits per heavy atom. The van der Waals surface area contributed by atoms with E-state index in [9.17, 15) is 0 Å². The molecule has 3 rings (SSSR count). The molecule has 0 bridgehead atoms. The Kier molecular flexibility index (Phi) is 2.70. The summed E-state index contributed by atoms with van der Waals surface area (Å²) < 4.78 is 3.34. The average Bonchev–Trinajstić information content (AvgIpc) is 3.03. The number of rotatable bonds is 2. The van der Waals surface area contributed by atoms with Crippen molar-refractivity contribution in [3.63, 3.8) is 0 Å². The lowest BCUT2D eigenvalue weighted by Crippen LogP contribution is -2.12. The molecule has 0 unspecified atom stereocenters. The van der Waals surface area contributed by atoms with E-state index in [2.05, 4.69) is 25.0 Å². The van der Waals surface area contributed by atoms with Crippen molar-refractivity contribution in [1.82, 2.24) is 34.3 Å². The molecule has 0 aliphatic carbocycles. The van der Waals surface area contributed by atoms with E-state index in [1.807, 2.05) is 20.8 Å². The van der Waals surface area contributed by atoms with Gasteiger partial charge < -0.3 is 5.73 Å². The number of imidazole rings is 1. The number of nitrogens with two attached hydrogens (primary N) is 1. The Balaban J connectivity index is 2.17. The first-order valence-corrected chi connectivity index (χ1v) is 6.09. The highest BCUT2D eigenvalue weighted by Gasteiger charge is 2.13. The Hall–Kier alpha value is -2.77. The maximum Gasteiger partial charge on any atom is 0.257 e. The lowest BCUT2D eigenvalue weighted by atomic mass is 10.2. The number of anilines is 1. The number of hydrogen-bond acceptors (Lipinski definition) is 6. The van der Waals surface area contributed by atoms with Crippen molar-refractivity contribution in [3.05, 3.63) is 35.7 Å². The molecule has 0 aromatic carbocycles. The number of nitrogens with zero attached hydrogens (tertiary/aromatic N) is 7. The topological polar surface area (TPSA) is 100 Å². The van der Waals surface area contributed by atoms with Crippen molar-refractivity contribution < 1.29 is 0 Å². The zero-order chi connectivity index (χ0) is 14.3. The fourth-order valence-electron chi connectivity index (χ4n) is 1.87. The summed E-state index contributed by atoms with van der Waals surface area (Å²) in [7, 11) is 0. The molecule has 0 amide bonds. The Bertz CT molecular complexity index is 756. The van der Waals surface area contributed by atoms with Crippen LogP contribution in [-0.2, 0) is 0 Å². The molecule has 8 nitrogen and oxygen atoms in total. The van der Waals surface area contributed by atoms with Gasteiger partial charge in [0.25, 0.3) is 5.95 Å². The predicted octanol–water partition coefficient (Wildman–Crippen LogP) is 0.750. The second-order valence-electron chi connectivity index (χ2n) is 4.47.